The monoisotopic (exact) mass is 356 g/mol. The molecule has 1 aromatic carbocycles. The predicted octanol–water partition coefficient (Wildman–Crippen LogP) is 2.62. The van der Waals surface area contributed by atoms with Crippen LogP contribution in [-0.4, -0.2) is 28.9 Å². The third-order valence-corrected chi connectivity index (χ3v) is 4.40. The minimum absolute atomic E-state index is 0.130. The van der Waals surface area contributed by atoms with Gasteiger partial charge in [-0.3, -0.25) is 13.8 Å². The number of fused-ring (bicyclic) bond motifs is 3. The molecule has 8 heteroatoms. The van der Waals surface area contributed by atoms with Gasteiger partial charge in [0, 0.05) is 12.1 Å². The van der Waals surface area contributed by atoms with E-state index in [0.29, 0.717) is 27.8 Å². The second-order valence-corrected chi connectivity index (χ2v) is 6.98. The summed E-state index contributed by atoms with van der Waals surface area (Å²) in [7, 11) is 1.72. The number of halogens is 1. The highest BCUT2D eigenvalue weighted by atomic mass is 35.5. The molecule has 3 heterocycles. The average Bonchev–Trinajstić information content (AvgIpc) is 3.18. The maximum Gasteiger partial charge on any atom is 0.261 e. The van der Waals surface area contributed by atoms with Gasteiger partial charge >= 0.3 is 0 Å². The van der Waals surface area contributed by atoms with Crippen LogP contribution >= 0.6 is 11.6 Å². The van der Waals surface area contributed by atoms with Gasteiger partial charge in [0.05, 0.1) is 22.8 Å². The van der Waals surface area contributed by atoms with Crippen molar-refractivity contribution < 1.29 is 0 Å². The molecule has 25 heavy (non-hydrogen) atoms. The van der Waals surface area contributed by atoms with Crippen LogP contribution in [0, 0.1) is 5.92 Å². The lowest BCUT2D eigenvalue weighted by atomic mass is 10.1. The van der Waals surface area contributed by atoms with Crippen LogP contribution in [0.3, 0.4) is 0 Å². The molecule has 0 aliphatic carbocycles. The van der Waals surface area contributed by atoms with Gasteiger partial charge in [0.15, 0.2) is 11.5 Å². The van der Waals surface area contributed by atoms with Crippen molar-refractivity contribution in [3.8, 4) is 5.82 Å². The lowest BCUT2D eigenvalue weighted by Crippen LogP contribution is -2.20. The summed E-state index contributed by atoms with van der Waals surface area (Å²) in [6.45, 7) is 4.26. The van der Waals surface area contributed by atoms with Gasteiger partial charge in [-0.25, -0.2) is 4.98 Å². The number of hydrogen-bond acceptors (Lipinski definition) is 4. The van der Waals surface area contributed by atoms with Crippen molar-refractivity contribution in [3.05, 3.63) is 51.8 Å². The molecule has 0 N–H and O–H groups in total. The summed E-state index contributed by atoms with van der Waals surface area (Å²) < 4.78 is 5.05. The Balaban J connectivity index is 1.98. The van der Waals surface area contributed by atoms with Crippen LogP contribution in [0.25, 0.3) is 22.4 Å². The zero-order chi connectivity index (χ0) is 17.7. The molecule has 4 rings (SSSR count). The Bertz CT molecular complexity index is 1150. The van der Waals surface area contributed by atoms with Crippen LogP contribution in [-0.2, 0) is 13.5 Å². The maximum absolute atomic E-state index is 12.7. The van der Waals surface area contributed by atoms with Gasteiger partial charge in [0.25, 0.3) is 5.56 Å². The topological polar surface area (TPSA) is 70.0 Å². The highest BCUT2D eigenvalue weighted by Gasteiger charge is 2.16. The fourth-order valence-electron chi connectivity index (χ4n) is 3.06. The molecule has 0 unspecified atom stereocenters. The molecule has 0 saturated heterocycles. The van der Waals surface area contributed by atoms with Crippen LogP contribution in [0.15, 0.2) is 35.5 Å². The smallest absolute Gasteiger partial charge is 0.261 e. The number of hydrogen-bond donors (Lipinski definition) is 0. The van der Waals surface area contributed by atoms with Gasteiger partial charge in [-0.15, -0.1) is 5.10 Å². The van der Waals surface area contributed by atoms with Gasteiger partial charge in [0.2, 0.25) is 0 Å². The van der Waals surface area contributed by atoms with E-state index in [1.54, 1.807) is 34.8 Å². The SMILES string of the molecule is CC(C)Cc1cn(-c2ncn3c4ccc(Cl)cc4c(=O)n(C)c23)nn1. The predicted molar refractivity (Wildman–Crippen MR) is 96.4 cm³/mol. The van der Waals surface area contributed by atoms with Gasteiger partial charge in [-0.1, -0.05) is 30.7 Å². The van der Waals surface area contributed by atoms with Crippen LogP contribution < -0.4 is 5.56 Å². The number of aromatic nitrogens is 6. The standard InChI is InChI=1S/C17H17ClN6O/c1-10(2)6-12-8-24(21-20-12)15-16-22(3)17(25)13-7-11(18)4-5-14(13)23(16)9-19-15/h4-5,7-10H,6H2,1-3H3. The number of benzene rings is 1. The summed E-state index contributed by atoms with van der Waals surface area (Å²) in [6, 6.07) is 5.26. The minimum atomic E-state index is -0.130. The minimum Gasteiger partial charge on any atom is -0.294 e. The van der Waals surface area contributed by atoms with E-state index in [9.17, 15) is 4.79 Å². The van der Waals surface area contributed by atoms with Gasteiger partial charge in [-0.2, -0.15) is 4.68 Å². The molecule has 0 saturated carbocycles. The number of imidazole rings is 1. The summed E-state index contributed by atoms with van der Waals surface area (Å²) in [5, 5.41) is 9.46. The van der Waals surface area contributed by atoms with E-state index in [2.05, 4.69) is 29.1 Å². The Labute approximate surface area is 148 Å². The van der Waals surface area contributed by atoms with Crippen LogP contribution in [0.2, 0.25) is 5.02 Å². The van der Waals surface area contributed by atoms with Crippen LogP contribution in [0.5, 0.6) is 0 Å². The zero-order valence-corrected chi connectivity index (χ0v) is 14.9. The molecule has 7 nitrogen and oxygen atoms in total. The number of rotatable bonds is 3. The highest BCUT2D eigenvalue weighted by Crippen LogP contribution is 2.21. The Morgan fingerprint density at radius 2 is 2.08 bits per heavy atom. The molecule has 0 radical (unpaired) electrons. The molecular weight excluding hydrogens is 340 g/mol. The Morgan fingerprint density at radius 1 is 1.28 bits per heavy atom. The second-order valence-electron chi connectivity index (χ2n) is 6.54. The lowest BCUT2D eigenvalue weighted by Gasteiger charge is -2.08. The quantitative estimate of drug-likeness (QED) is 0.565. The summed E-state index contributed by atoms with van der Waals surface area (Å²) >= 11 is 6.04. The summed E-state index contributed by atoms with van der Waals surface area (Å²) in [6.07, 6.45) is 4.38. The van der Waals surface area contributed by atoms with Crippen molar-refractivity contribution in [2.45, 2.75) is 20.3 Å². The second kappa shape index (κ2) is 5.70. The van der Waals surface area contributed by atoms with Crippen molar-refractivity contribution in [2.24, 2.45) is 13.0 Å². The van der Waals surface area contributed by atoms with Crippen LogP contribution in [0.1, 0.15) is 19.5 Å². The third kappa shape index (κ3) is 2.51. The van der Waals surface area contributed by atoms with Crippen molar-refractivity contribution in [3.63, 3.8) is 0 Å². The number of nitrogens with zero attached hydrogens (tertiary/aromatic N) is 6. The van der Waals surface area contributed by atoms with Crippen molar-refractivity contribution in [1.82, 2.24) is 28.9 Å². The molecule has 0 aliphatic rings. The van der Waals surface area contributed by atoms with E-state index >= 15 is 0 Å². The molecule has 0 fully saturated rings. The van der Waals surface area contributed by atoms with E-state index in [-0.39, 0.29) is 5.56 Å². The molecule has 4 aromatic rings. The fraction of sp³-hybridized carbons (Fsp3) is 0.294. The van der Waals surface area contributed by atoms with E-state index in [4.69, 9.17) is 11.6 Å². The van der Waals surface area contributed by atoms with E-state index in [0.717, 1.165) is 17.6 Å². The first-order valence-corrected chi connectivity index (χ1v) is 8.40. The van der Waals surface area contributed by atoms with E-state index in [1.807, 2.05) is 16.7 Å². The zero-order valence-electron chi connectivity index (χ0n) is 14.1. The maximum atomic E-state index is 12.7. The molecule has 128 valence electrons. The molecule has 0 aliphatic heterocycles. The Hall–Kier alpha value is -2.67. The Kier molecular flexibility index (Phi) is 3.61. The molecule has 0 amide bonds. The first-order valence-electron chi connectivity index (χ1n) is 8.02. The average molecular weight is 357 g/mol. The van der Waals surface area contributed by atoms with Gasteiger partial charge in [0.1, 0.15) is 6.33 Å². The molecular formula is C17H17ClN6O. The molecule has 0 bridgehead atoms. The summed E-state index contributed by atoms with van der Waals surface area (Å²) in [4.78, 5) is 17.2. The van der Waals surface area contributed by atoms with Gasteiger partial charge in [-0.05, 0) is 30.5 Å². The number of aryl methyl sites for hydroxylation is 1. The Morgan fingerprint density at radius 3 is 2.84 bits per heavy atom. The fourth-order valence-corrected chi connectivity index (χ4v) is 3.23. The van der Waals surface area contributed by atoms with Crippen molar-refractivity contribution in [1.29, 1.82) is 0 Å². The molecule has 0 spiro atoms. The van der Waals surface area contributed by atoms with E-state index in [1.165, 1.54) is 0 Å². The van der Waals surface area contributed by atoms with Crippen molar-refractivity contribution >= 4 is 28.2 Å². The van der Waals surface area contributed by atoms with Gasteiger partial charge < -0.3 is 0 Å². The highest BCUT2D eigenvalue weighted by molar-refractivity contribution is 6.31. The summed E-state index contributed by atoms with van der Waals surface area (Å²) in [5.74, 6) is 1.06. The molecule has 3 aromatic heterocycles. The summed E-state index contributed by atoms with van der Waals surface area (Å²) in [5.41, 5.74) is 2.17. The largest absolute Gasteiger partial charge is 0.294 e. The third-order valence-electron chi connectivity index (χ3n) is 4.17. The van der Waals surface area contributed by atoms with Crippen molar-refractivity contribution in [2.75, 3.05) is 0 Å². The van der Waals surface area contributed by atoms with Crippen LogP contribution in [0.4, 0.5) is 0 Å². The van der Waals surface area contributed by atoms with E-state index < -0.39 is 0 Å². The lowest BCUT2D eigenvalue weighted by molar-refractivity contribution is 0.633. The normalized spacial score (nSPS) is 11.9. The molecule has 0 atom stereocenters. The first kappa shape index (κ1) is 15.8. The first-order chi connectivity index (χ1) is 12.0.